The molecule has 25 heavy (non-hydrogen) atoms. The number of aromatic amines is 1. The van der Waals surface area contributed by atoms with Crippen molar-refractivity contribution in [2.24, 2.45) is 0 Å². The van der Waals surface area contributed by atoms with Crippen LogP contribution in [0.15, 0.2) is 34.3 Å². The maximum Gasteiger partial charge on any atom is 0.311 e. The predicted molar refractivity (Wildman–Crippen MR) is 93.8 cm³/mol. The molecular formula is C15H15ClN4O4S. The van der Waals surface area contributed by atoms with E-state index in [2.05, 4.69) is 25.0 Å². The number of carbonyl (C=O) groups is 2. The normalized spacial score (nSPS) is 11.6. The molecule has 0 saturated heterocycles. The number of pyridine rings is 1. The number of rotatable bonds is 6. The van der Waals surface area contributed by atoms with Crippen LogP contribution in [-0.2, 0) is 20.7 Å². The number of anilines is 1. The van der Waals surface area contributed by atoms with Gasteiger partial charge in [-0.05, 0) is 19.1 Å². The lowest BCUT2D eigenvalue weighted by Crippen LogP contribution is -2.24. The largest absolute Gasteiger partial charge is 0.469 e. The van der Waals surface area contributed by atoms with Crippen LogP contribution in [0.2, 0.25) is 5.02 Å². The van der Waals surface area contributed by atoms with Gasteiger partial charge in [-0.15, -0.1) is 0 Å². The highest BCUT2D eigenvalue weighted by Crippen LogP contribution is 2.20. The zero-order chi connectivity index (χ0) is 18.4. The molecule has 1 atom stereocenters. The minimum Gasteiger partial charge on any atom is -0.469 e. The Morgan fingerprint density at radius 2 is 2.20 bits per heavy atom. The molecule has 0 spiro atoms. The lowest BCUT2D eigenvalue weighted by molar-refractivity contribution is -0.139. The van der Waals surface area contributed by atoms with Gasteiger partial charge in [0.15, 0.2) is 5.16 Å². The fourth-order valence-electron chi connectivity index (χ4n) is 1.75. The first-order valence-electron chi connectivity index (χ1n) is 7.13. The molecule has 0 aliphatic heterocycles. The van der Waals surface area contributed by atoms with Gasteiger partial charge in [0.05, 0.1) is 29.5 Å². The van der Waals surface area contributed by atoms with Crippen molar-refractivity contribution in [3.8, 4) is 0 Å². The molecule has 0 fully saturated rings. The van der Waals surface area contributed by atoms with Crippen LogP contribution in [-0.4, -0.2) is 39.2 Å². The maximum atomic E-state index is 12.2. The highest BCUT2D eigenvalue weighted by atomic mass is 35.5. The van der Waals surface area contributed by atoms with Gasteiger partial charge in [0, 0.05) is 12.3 Å². The summed E-state index contributed by atoms with van der Waals surface area (Å²) >= 11 is 6.79. The summed E-state index contributed by atoms with van der Waals surface area (Å²) in [6.07, 6.45) is 1.30. The van der Waals surface area contributed by atoms with Gasteiger partial charge in [0.1, 0.15) is 5.82 Å². The highest BCUT2D eigenvalue weighted by Gasteiger charge is 2.17. The van der Waals surface area contributed by atoms with Gasteiger partial charge in [0.25, 0.3) is 5.56 Å². The summed E-state index contributed by atoms with van der Waals surface area (Å²) in [6, 6.07) is 4.40. The number of amides is 1. The Labute approximate surface area is 152 Å². The van der Waals surface area contributed by atoms with E-state index < -0.39 is 16.8 Å². The van der Waals surface area contributed by atoms with E-state index >= 15 is 0 Å². The number of H-pyrrole nitrogens is 1. The molecule has 0 aliphatic carbocycles. The van der Waals surface area contributed by atoms with Crippen LogP contribution in [0.5, 0.6) is 0 Å². The minimum atomic E-state index is -0.561. The summed E-state index contributed by atoms with van der Waals surface area (Å²) < 4.78 is 4.55. The van der Waals surface area contributed by atoms with Crippen LogP contribution >= 0.6 is 23.4 Å². The fraction of sp³-hybridized carbons (Fsp3) is 0.267. The average Bonchev–Trinajstić information content (AvgIpc) is 2.56. The van der Waals surface area contributed by atoms with Crippen LogP contribution in [0.1, 0.15) is 12.6 Å². The van der Waals surface area contributed by atoms with Crippen LogP contribution in [0, 0.1) is 0 Å². The molecule has 2 aromatic heterocycles. The Bertz CT molecular complexity index is 825. The Kier molecular flexibility index (Phi) is 6.54. The monoisotopic (exact) mass is 382 g/mol. The summed E-state index contributed by atoms with van der Waals surface area (Å²) in [5, 5.41) is 2.77. The number of halogens is 1. The third-order valence-corrected chi connectivity index (χ3v) is 4.17. The number of carbonyl (C=O) groups excluding carboxylic acids is 2. The number of aromatic nitrogens is 3. The molecule has 2 heterocycles. The van der Waals surface area contributed by atoms with E-state index in [9.17, 15) is 14.4 Å². The Morgan fingerprint density at radius 3 is 2.84 bits per heavy atom. The van der Waals surface area contributed by atoms with Crippen LogP contribution in [0.4, 0.5) is 5.82 Å². The molecule has 0 aromatic carbocycles. The van der Waals surface area contributed by atoms with E-state index in [0.29, 0.717) is 10.8 Å². The quantitative estimate of drug-likeness (QED) is 0.443. The summed E-state index contributed by atoms with van der Waals surface area (Å²) in [6.45, 7) is 1.66. The fourth-order valence-corrected chi connectivity index (χ4v) is 2.69. The third kappa shape index (κ3) is 5.87. The van der Waals surface area contributed by atoms with Gasteiger partial charge >= 0.3 is 5.97 Å². The number of esters is 1. The first-order chi connectivity index (χ1) is 11.9. The molecule has 132 valence electrons. The van der Waals surface area contributed by atoms with Crippen molar-refractivity contribution >= 4 is 41.1 Å². The maximum absolute atomic E-state index is 12.2. The Morgan fingerprint density at radius 1 is 1.44 bits per heavy atom. The van der Waals surface area contributed by atoms with Crippen molar-refractivity contribution in [1.29, 1.82) is 0 Å². The van der Waals surface area contributed by atoms with E-state index in [0.717, 1.165) is 11.8 Å². The number of thioether (sulfide) groups is 1. The summed E-state index contributed by atoms with van der Waals surface area (Å²) in [5.41, 5.74) is -0.145. The topological polar surface area (TPSA) is 114 Å². The molecule has 0 unspecified atom stereocenters. The molecular weight excluding hydrogens is 368 g/mol. The lowest BCUT2D eigenvalue weighted by atomic mass is 10.3. The van der Waals surface area contributed by atoms with Crippen molar-refractivity contribution in [3.63, 3.8) is 0 Å². The third-order valence-electron chi connectivity index (χ3n) is 2.96. The summed E-state index contributed by atoms with van der Waals surface area (Å²) in [7, 11) is 1.25. The predicted octanol–water partition coefficient (Wildman–Crippen LogP) is 1.65. The summed E-state index contributed by atoms with van der Waals surface area (Å²) in [4.78, 5) is 45.8. The van der Waals surface area contributed by atoms with E-state index in [-0.39, 0.29) is 23.2 Å². The molecule has 8 nitrogen and oxygen atoms in total. The van der Waals surface area contributed by atoms with Gasteiger partial charge in [-0.1, -0.05) is 23.4 Å². The second-order valence-electron chi connectivity index (χ2n) is 4.91. The van der Waals surface area contributed by atoms with Crippen molar-refractivity contribution in [2.45, 2.75) is 23.8 Å². The number of nitrogens with zero attached hydrogens (tertiary/aromatic N) is 2. The zero-order valence-electron chi connectivity index (χ0n) is 13.4. The molecule has 1 amide bonds. The van der Waals surface area contributed by atoms with Crippen LogP contribution in [0.3, 0.4) is 0 Å². The van der Waals surface area contributed by atoms with Gasteiger partial charge in [0.2, 0.25) is 5.91 Å². The second kappa shape index (κ2) is 8.63. The first kappa shape index (κ1) is 18.9. The average molecular weight is 383 g/mol. The van der Waals surface area contributed by atoms with Crippen molar-refractivity contribution in [2.75, 3.05) is 12.4 Å². The smallest absolute Gasteiger partial charge is 0.311 e. The second-order valence-corrected chi connectivity index (χ2v) is 6.67. The minimum absolute atomic E-state index is 0.122. The number of ether oxygens (including phenoxy) is 1. The Hall–Kier alpha value is -2.39. The van der Waals surface area contributed by atoms with Crippen LogP contribution < -0.4 is 10.9 Å². The van der Waals surface area contributed by atoms with E-state index in [1.165, 1.54) is 19.4 Å². The van der Waals surface area contributed by atoms with Crippen molar-refractivity contribution < 1.29 is 14.3 Å². The molecule has 10 heteroatoms. The zero-order valence-corrected chi connectivity index (χ0v) is 15.0. The van der Waals surface area contributed by atoms with E-state index in [1.807, 2.05) is 0 Å². The molecule has 2 aromatic rings. The highest BCUT2D eigenvalue weighted by molar-refractivity contribution is 8.00. The van der Waals surface area contributed by atoms with Crippen LogP contribution in [0.25, 0.3) is 0 Å². The van der Waals surface area contributed by atoms with E-state index in [4.69, 9.17) is 11.6 Å². The first-order valence-corrected chi connectivity index (χ1v) is 8.39. The number of nitrogens with one attached hydrogen (secondary N) is 2. The Balaban J connectivity index is 2.04. The van der Waals surface area contributed by atoms with E-state index in [1.54, 1.807) is 19.1 Å². The van der Waals surface area contributed by atoms with Gasteiger partial charge in [-0.25, -0.2) is 9.97 Å². The SMILES string of the molecule is COC(=O)Cc1cc(=O)[nH]c(S[C@@H](C)C(=O)Nc2ccc(Cl)cn2)n1. The van der Waals surface area contributed by atoms with Gasteiger partial charge in [-0.2, -0.15) is 0 Å². The summed E-state index contributed by atoms with van der Waals surface area (Å²) in [5.74, 6) is -0.461. The molecule has 2 N–H and O–H groups in total. The molecule has 2 rings (SSSR count). The van der Waals surface area contributed by atoms with Crippen molar-refractivity contribution in [1.82, 2.24) is 15.0 Å². The standard InChI is InChI=1S/C15H15ClN4O4S/c1-8(14(23)19-11-4-3-9(16)7-17-11)25-15-18-10(5-12(21)20-15)6-13(22)24-2/h3-5,7-8H,6H2,1-2H3,(H,17,19,23)(H,18,20,21)/t8-/m0/s1. The lowest BCUT2D eigenvalue weighted by Gasteiger charge is -2.11. The number of hydrogen-bond donors (Lipinski definition) is 2. The number of methoxy groups -OCH3 is 1. The molecule has 0 bridgehead atoms. The molecule has 0 radical (unpaired) electrons. The van der Waals surface area contributed by atoms with Gasteiger partial charge < -0.3 is 15.0 Å². The van der Waals surface area contributed by atoms with Gasteiger partial charge in [-0.3, -0.25) is 14.4 Å². The molecule has 0 saturated carbocycles. The van der Waals surface area contributed by atoms with Crippen molar-refractivity contribution in [3.05, 3.63) is 45.5 Å². The number of hydrogen-bond acceptors (Lipinski definition) is 7. The molecule has 0 aliphatic rings.